The Morgan fingerprint density at radius 2 is 2.05 bits per heavy atom. The highest BCUT2D eigenvalue weighted by Crippen LogP contribution is 2.09. The fourth-order valence-electron chi connectivity index (χ4n) is 1.76. The van der Waals surface area contributed by atoms with Gasteiger partial charge < -0.3 is 9.30 Å². The van der Waals surface area contributed by atoms with Crippen molar-refractivity contribution in [1.29, 1.82) is 0 Å². The van der Waals surface area contributed by atoms with Gasteiger partial charge in [-0.15, -0.1) is 0 Å². The van der Waals surface area contributed by atoms with E-state index in [1.54, 1.807) is 11.6 Å². The van der Waals surface area contributed by atoms with Crippen LogP contribution in [0.5, 0.6) is 5.75 Å². The fourth-order valence-corrected chi connectivity index (χ4v) is 1.76. The van der Waals surface area contributed by atoms with Crippen molar-refractivity contribution in [2.75, 3.05) is 6.61 Å². The maximum absolute atomic E-state index is 10.9. The molecule has 0 saturated carbocycles. The van der Waals surface area contributed by atoms with Crippen LogP contribution in [-0.4, -0.2) is 22.3 Å². The maximum atomic E-state index is 10.9. The molecule has 2 N–H and O–H groups in total. The van der Waals surface area contributed by atoms with E-state index in [0.29, 0.717) is 13.2 Å². The van der Waals surface area contributed by atoms with Crippen LogP contribution < -0.4 is 10.2 Å². The van der Waals surface area contributed by atoms with Gasteiger partial charge in [0.05, 0.1) is 6.54 Å². The summed E-state index contributed by atoms with van der Waals surface area (Å²) in [5.41, 5.74) is 2.42. The number of nitrogens with zero attached hydrogens (tertiary/aromatic N) is 1. The highest BCUT2D eigenvalue weighted by molar-refractivity contribution is 5.90. The Labute approximate surface area is 117 Å². The van der Waals surface area contributed by atoms with E-state index >= 15 is 0 Å². The van der Waals surface area contributed by atoms with Gasteiger partial charge in [-0.3, -0.25) is 10.0 Å². The lowest BCUT2D eigenvalue weighted by molar-refractivity contribution is -0.124. The summed E-state index contributed by atoms with van der Waals surface area (Å²) in [5.74, 6) is 0.273. The largest absolute Gasteiger partial charge is 0.492 e. The predicted molar refractivity (Wildman–Crippen MR) is 75.3 cm³/mol. The Morgan fingerprint density at radius 1 is 1.25 bits per heavy atom. The molecule has 1 aromatic heterocycles. The number of hydroxylamine groups is 1. The van der Waals surface area contributed by atoms with Crippen LogP contribution in [0.25, 0.3) is 6.08 Å². The molecule has 5 heteroatoms. The lowest BCUT2D eigenvalue weighted by atomic mass is 10.3. The molecule has 0 aliphatic heterocycles. The van der Waals surface area contributed by atoms with Crippen molar-refractivity contribution in [3.8, 4) is 5.75 Å². The number of para-hydroxylation sites is 1. The zero-order chi connectivity index (χ0) is 14.2. The van der Waals surface area contributed by atoms with Crippen LogP contribution in [0.3, 0.4) is 0 Å². The van der Waals surface area contributed by atoms with E-state index in [4.69, 9.17) is 9.94 Å². The molecule has 20 heavy (non-hydrogen) atoms. The fraction of sp³-hybridized carbons (Fsp3) is 0.133. The molecule has 2 aromatic rings. The number of rotatable bonds is 6. The zero-order valence-corrected chi connectivity index (χ0v) is 10.9. The monoisotopic (exact) mass is 272 g/mol. The van der Waals surface area contributed by atoms with Crippen molar-refractivity contribution in [3.05, 3.63) is 60.4 Å². The number of nitrogens with one attached hydrogen (secondary N) is 1. The second-order valence-corrected chi connectivity index (χ2v) is 4.10. The van der Waals surface area contributed by atoms with E-state index in [1.807, 2.05) is 53.2 Å². The van der Waals surface area contributed by atoms with Crippen molar-refractivity contribution in [2.45, 2.75) is 6.54 Å². The first-order valence-corrected chi connectivity index (χ1v) is 6.25. The summed E-state index contributed by atoms with van der Waals surface area (Å²) < 4.78 is 7.58. The van der Waals surface area contributed by atoms with Gasteiger partial charge in [0.25, 0.3) is 5.91 Å². The smallest absolute Gasteiger partial charge is 0.267 e. The topological polar surface area (TPSA) is 63.5 Å². The first kappa shape index (κ1) is 13.9. The molecule has 0 spiro atoms. The van der Waals surface area contributed by atoms with Gasteiger partial charge in [0.1, 0.15) is 12.4 Å². The Bertz CT molecular complexity index is 576. The van der Waals surface area contributed by atoms with E-state index in [2.05, 4.69) is 0 Å². The summed E-state index contributed by atoms with van der Waals surface area (Å²) in [6.45, 7) is 1.20. The molecule has 1 amide bonds. The Balaban J connectivity index is 1.89. The highest BCUT2D eigenvalue weighted by atomic mass is 16.5. The summed E-state index contributed by atoms with van der Waals surface area (Å²) in [7, 11) is 0. The average molecular weight is 272 g/mol. The summed E-state index contributed by atoms with van der Waals surface area (Å²) in [6.07, 6.45) is 4.81. The molecule has 0 saturated heterocycles. The van der Waals surface area contributed by atoms with E-state index in [1.165, 1.54) is 6.08 Å². The van der Waals surface area contributed by atoms with Gasteiger partial charge in [0, 0.05) is 18.0 Å². The molecule has 2 rings (SSSR count). The van der Waals surface area contributed by atoms with E-state index in [0.717, 1.165) is 11.4 Å². The molecule has 0 bridgehead atoms. The Hall–Kier alpha value is -2.53. The number of aromatic nitrogens is 1. The van der Waals surface area contributed by atoms with Crippen LogP contribution in [-0.2, 0) is 11.3 Å². The lowest BCUT2D eigenvalue weighted by Gasteiger charge is -2.08. The average Bonchev–Trinajstić information content (AvgIpc) is 2.93. The molecular weight excluding hydrogens is 256 g/mol. The summed E-state index contributed by atoms with van der Waals surface area (Å²) in [4.78, 5) is 10.9. The third-order valence-corrected chi connectivity index (χ3v) is 2.72. The van der Waals surface area contributed by atoms with Gasteiger partial charge in [0.2, 0.25) is 0 Å². The number of carbonyl (C=O) groups excluding carboxylic acids is 1. The number of benzene rings is 1. The molecule has 0 aliphatic carbocycles. The quantitative estimate of drug-likeness (QED) is 0.481. The molecule has 104 valence electrons. The van der Waals surface area contributed by atoms with E-state index in [-0.39, 0.29) is 0 Å². The Kier molecular flexibility index (Phi) is 4.97. The maximum Gasteiger partial charge on any atom is 0.267 e. The SMILES string of the molecule is O=C(C=Cc1cccn1CCOc1ccccc1)NO. The van der Waals surface area contributed by atoms with Crippen LogP contribution in [0.2, 0.25) is 0 Å². The van der Waals surface area contributed by atoms with Crippen LogP contribution >= 0.6 is 0 Å². The molecule has 0 radical (unpaired) electrons. The van der Waals surface area contributed by atoms with Crippen molar-refractivity contribution in [2.24, 2.45) is 0 Å². The van der Waals surface area contributed by atoms with Gasteiger partial charge in [-0.25, -0.2) is 5.48 Å². The number of hydrogen-bond acceptors (Lipinski definition) is 3. The summed E-state index contributed by atoms with van der Waals surface area (Å²) in [5, 5.41) is 8.42. The van der Waals surface area contributed by atoms with Crippen LogP contribution in [0.4, 0.5) is 0 Å². The molecule has 0 fully saturated rings. The highest BCUT2D eigenvalue weighted by Gasteiger charge is 1.99. The third-order valence-electron chi connectivity index (χ3n) is 2.72. The first-order chi connectivity index (χ1) is 9.79. The third kappa shape index (κ3) is 4.00. The molecule has 0 aliphatic rings. The number of carbonyl (C=O) groups is 1. The Morgan fingerprint density at radius 3 is 2.80 bits per heavy atom. The van der Waals surface area contributed by atoms with Gasteiger partial charge in [-0.05, 0) is 30.3 Å². The molecule has 1 heterocycles. The molecule has 0 unspecified atom stereocenters. The molecule has 5 nitrogen and oxygen atoms in total. The minimum Gasteiger partial charge on any atom is -0.492 e. The predicted octanol–water partition coefficient (Wildman–Crippen LogP) is 2.09. The summed E-state index contributed by atoms with van der Waals surface area (Å²) in [6, 6.07) is 13.4. The number of hydrogen-bond donors (Lipinski definition) is 2. The van der Waals surface area contributed by atoms with Crippen molar-refractivity contribution in [3.63, 3.8) is 0 Å². The minimum absolute atomic E-state index is 0.533. The number of ether oxygens (including phenoxy) is 1. The molecular formula is C15H16N2O3. The van der Waals surface area contributed by atoms with Gasteiger partial charge in [0.15, 0.2) is 0 Å². The zero-order valence-electron chi connectivity index (χ0n) is 10.9. The van der Waals surface area contributed by atoms with Gasteiger partial charge in [-0.2, -0.15) is 0 Å². The van der Waals surface area contributed by atoms with Crippen LogP contribution in [0.1, 0.15) is 5.69 Å². The normalized spacial score (nSPS) is 10.7. The second kappa shape index (κ2) is 7.16. The van der Waals surface area contributed by atoms with Crippen LogP contribution in [0.15, 0.2) is 54.7 Å². The first-order valence-electron chi connectivity index (χ1n) is 6.25. The van der Waals surface area contributed by atoms with Crippen molar-refractivity contribution in [1.82, 2.24) is 10.0 Å². The molecule has 0 atom stereocenters. The van der Waals surface area contributed by atoms with Crippen molar-refractivity contribution < 1.29 is 14.7 Å². The van der Waals surface area contributed by atoms with Gasteiger partial charge >= 0.3 is 0 Å². The number of amides is 1. The van der Waals surface area contributed by atoms with Gasteiger partial charge in [-0.1, -0.05) is 18.2 Å². The van der Waals surface area contributed by atoms with E-state index in [9.17, 15) is 4.79 Å². The summed E-state index contributed by atoms with van der Waals surface area (Å²) >= 11 is 0. The second-order valence-electron chi connectivity index (χ2n) is 4.10. The minimum atomic E-state index is -0.557. The standard InChI is InChI=1S/C15H16N2O3/c18-15(16-19)9-8-13-5-4-10-17(13)11-12-20-14-6-2-1-3-7-14/h1-10,19H,11-12H2,(H,16,18). The van der Waals surface area contributed by atoms with E-state index < -0.39 is 5.91 Å². The lowest BCUT2D eigenvalue weighted by Crippen LogP contribution is -2.15. The van der Waals surface area contributed by atoms with Crippen molar-refractivity contribution >= 4 is 12.0 Å². The van der Waals surface area contributed by atoms with Crippen LogP contribution in [0, 0.1) is 0 Å². The molecule has 1 aromatic carbocycles.